The van der Waals surface area contributed by atoms with Gasteiger partial charge in [-0.2, -0.15) is 0 Å². The summed E-state index contributed by atoms with van der Waals surface area (Å²) >= 11 is 1.20. The largest absolute Gasteiger partial charge is 0.490 e. The number of hydrogen-bond donors (Lipinski definition) is 1. The van der Waals surface area contributed by atoms with Crippen molar-refractivity contribution in [1.82, 2.24) is 4.57 Å². The molecule has 0 spiro atoms. The van der Waals surface area contributed by atoms with Crippen molar-refractivity contribution in [3.63, 3.8) is 0 Å². The Morgan fingerprint density at radius 3 is 2.15 bits per heavy atom. The van der Waals surface area contributed by atoms with Crippen LogP contribution in [0.25, 0.3) is 11.8 Å². The van der Waals surface area contributed by atoms with Crippen molar-refractivity contribution in [2.75, 3.05) is 33.0 Å². The molecule has 1 aliphatic heterocycles. The van der Waals surface area contributed by atoms with Gasteiger partial charge in [-0.1, -0.05) is 53.8 Å². The van der Waals surface area contributed by atoms with Gasteiger partial charge in [-0.05, 0) is 69.2 Å². The number of amides is 1. The Morgan fingerprint density at radius 1 is 0.833 bits per heavy atom. The summed E-state index contributed by atoms with van der Waals surface area (Å²) < 4.78 is 30.5. The van der Waals surface area contributed by atoms with E-state index in [9.17, 15) is 14.4 Å². The number of fused-ring (bicyclic) bond motifs is 1. The van der Waals surface area contributed by atoms with Crippen LogP contribution in [0.5, 0.6) is 23.0 Å². The number of ether oxygens (including phenoxy) is 5. The third-order valence-corrected chi connectivity index (χ3v) is 8.18. The van der Waals surface area contributed by atoms with E-state index in [-0.39, 0.29) is 24.3 Å². The smallest absolute Gasteiger partial charge is 0.338 e. The molecule has 0 unspecified atom stereocenters. The molecule has 0 aliphatic carbocycles. The van der Waals surface area contributed by atoms with E-state index in [1.54, 1.807) is 43.3 Å². The summed E-state index contributed by atoms with van der Waals surface area (Å²) in [7, 11) is 0. The lowest BCUT2D eigenvalue weighted by atomic mass is 9.93. The van der Waals surface area contributed by atoms with E-state index in [1.165, 1.54) is 15.9 Å². The van der Waals surface area contributed by atoms with Crippen molar-refractivity contribution in [1.29, 1.82) is 0 Å². The predicted molar refractivity (Wildman–Crippen MR) is 182 cm³/mol. The first-order valence-electron chi connectivity index (χ1n) is 15.6. The van der Waals surface area contributed by atoms with Gasteiger partial charge in [0.2, 0.25) is 0 Å². The second-order valence-corrected chi connectivity index (χ2v) is 11.4. The number of carbonyl (C=O) groups excluding carboxylic acids is 2. The quantitative estimate of drug-likeness (QED) is 0.199. The zero-order valence-electron chi connectivity index (χ0n) is 27.2. The van der Waals surface area contributed by atoms with E-state index in [0.717, 1.165) is 0 Å². The van der Waals surface area contributed by atoms with Crippen LogP contribution in [0.3, 0.4) is 0 Å². The van der Waals surface area contributed by atoms with Crippen molar-refractivity contribution < 1.29 is 33.3 Å². The molecule has 1 amide bonds. The molecule has 0 saturated carbocycles. The Balaban J connectivity index is 1.75. The fourth-order valence-electron chi connectivity index (χ4n) is 5.30. The first kappa shape index (κ1) is 34.0. The Kier molecular flexibility index (Phi) is 11.0. The van der Waals surface area contributed by atoms with Crippen LogP contribution in [0.2, 0.25) is 0 Å². The summed E-state index contributed by atoms with van der Waals surface area (Å²) in [5.74, 6) is 0.582. The van der Waals surface area contributed by atoms with E-state index in [4.69, 9.17) is 34.4 Å². The molecule has 0 bridgehead atoms. The molecule has 2 heterocycles. The first-order chi connectivity index (χ1) is 23.3. The van der Waals surface area contributed by atoms with E-state index < -0.39 is 17.9 Å². The van der Waals surface area contributed by atoms with Gasteiger partial charge < -0.3 is 29.4 Å². The number of benzene rings is 3. The van der Waals surface area contributed by atoms with Crippen LogP contribution in [-0.2, 0) is 14.3 Å². The zero-order chi connectivity index (χ0) is 34.2. The number of esters is 1. The van der Waals surface area contributed by atoms with Crippen LogP contribution < -0.4 is 39.6 Å². The molecule has 1 aliphatic rings. The molecule has 48 heavy (non-hydrogen) atoms. The Hall–Kier alpha value is -5.36. The predicted octanol–water partition coefficient (Wildman–Crippen LogP) is 4.00. The van der Waals surface area contributed by atoms with Gasteiger partial charge in [0.1, 0.15) is 0 Å². The summed E-state index contributed by atoms with van der Waals surface area (Å²) in [4.78, 5) is 44.8. The minimum absolute atomic E-state index is 0.135. The summed E-state index contributed by atoms with van der Waals surface area (Å²) in [5, 5.41) is 0. The third-order valence-electron chi connectivity index (χ3n) is 7.19. The minimum Gasteiger partial charge on any atom is -0.490 e. The van der Waals surface area contributed by atoms with E-state index in [2.05, 4.69) is 0 Å². The maximum atomic E-state index is 14.4. The number of rotatable bonds is 14. The normalized spacial score (nSPS) is 14.2. The molecule has 0 saturated heterocycles. The summed E-state index contributed by atoms with van der Waals surface area (Å²) in [6, 6.07) is 19.0. The lowest BCUT2D eigenvalue weighted by molar-refractivity contribution is -0.138. The van der Waals surface area contributed by atoms with Gasteiger partial charge in [-0.15, -0.1) is 0 Å². The highest BCUT2D eigenvalue weighted by Gasteiger charge is 2.35. The Labute approximate surface area is 281 Å². The molecule has 0 fully saturated rings. The van der Waals surface area contributed by atoms with Gasteiger partial charge >= 0.3 is 5.97 Å². The lowest BCUT2D eigenvalue weighted by Gasteiger charge is -2.26. The van der Waals surface area contributed by atoms with Gasteiger partial charge in [0.15, 0.2) is 34.4 Å². The molecule has 5 rings (SSSR count). The number of aromatic nitrogens is 1. The van der Waals surface area contributed by atoms with Gasteiger partial charge in [0.05, 0.1) is 48.3 Å². The van der Waals surface area contributed by atoms with Crippen LogP contribution in [-0.4, -0.2) is 49.5 Å². The van der Waals surface area contributed by atoms with Crippen LogP contribution >= 0.6 is 11.3 Å². The highest BCUT2D eigenvalue weighted by atomic mass is 32.1. The molecule has 4 aromatic rings. The van der Waals surface area contributed by atoms with Crippen molar-refractivity contribution in [2.45, 2.75) is 33.7 Å². The molecule has 1 aromatic heterocycles. The van der Waals surface area contributed by atoms with Crippen LogP contribution in [0, 0.1) is 0 Å². The van der Waals surface area contributed by atoms with Crippen LogP contribution in [0.1, 0.15) is 50.4 Å². The van der Waals surface area contributed by atoms with Crippen LogP contribution in [0.15, 0.2) is 82.1 Å². The first-order valence-corrected chi connectivity index (χ1v) is 16.5. The number of nitrogens with two attached hydrogens (primary N) is 1. The van der Waals surface area contributed by atoms with Crippen molar-refractivity contribution in [3.8, 4) is 23.0 Å². The number of thiazole rings is 1. The molecule has 2 N–H and O–H groups in total. The average Bonchev–Trinajstić information content (AvgIpc) is 3.39. The topological polar surface area (TPSA) is 141 Å². The van der Waals surface area contributed by atoms with Gasteiger partial charge in [0.25, 0.3) is 11.5 Å². The average molecular weight is 672 g/mol. The molecule has 0 radical (unpaired) electrons. The van der Waals surface area contributed by atoms with Crippen molar-refractivity contribution in [2.24, 2.45) is 10.7 Å². The second kappa shape index (κ2) is 15.5. The minimum atomic E-state index is -0.892. The summed E-state index contributed by atoms with van der Waals surface area (Å²) in [5.41, 5.74) is 7.51. The van der Waals surface area contributed by atoms with Crippen molar-refractivity contribution >= 4 is 35.0 Å². The van der Waals surface area contributed by atoms with E-state index >= 15 is 0 Å². The molecule has 250 valence electrons. The number of hydrogen-bond acceptors (Lipinski definition) is 10. The maximum absolute atomic E-state index is 14.4. The Bertz CT molecular complexity index is 2020. The number of primary amides is 1. The molecule has 1 atom stereocenters. The van der Waals surface area contributed by atoms with Gasteiger partial charge in [0, 0.05) is 5.56 Å². The second-order valence-electron chi connectivity index (χ2n) is 10.4. The fraction of sp³-hybridized carbons (Fsp3) is 0.278. The molecular weight excluding hydrogens is 634 g/mol. The van der Waals surface area contributed by atoms with E-state index in [0.29, 0.717) is 74.5 Å². The summed E-state index contributed by atoms with van der Waals surface area (Å²) in [6.07, 6.45) is 1.72. The zero-order valence-corrected chi connectivity index (χ0v) is 28.0. The molecule has 11 nitrogen and oxygen atoms in total. The lowest BCUT2D eigenvalue weighted by Crippen LogP contribution is -2.40. The van der Waals surface area contributed by atoms with E-state index in [1.807, 2.05) is 57.2 Å². The number of nitrogens with zero attached hydrogens (tertiary/aromatic N) is 2. The van der Waals surface area contributed by atoms with Gasteiger partial charge in [-0.3, -0.25) is 14.2 Å². The monoisotopic (exact) mass is 671 g/mol. The maximum Gasteiger partial charge on any atom is 0.338 e. The third kappa shape index (κ3) is 7.28. The fourth-order valence-corrected chi connectivity index (χ4v) is 6.30. The van der Waals surface area contributed by atoms with Crippen LogP contribution in [0.4, 0.5) is 0 Å². The standard InChI is InChI=1S/C36H37N3O8S/c1-5-43-25-17-15-24(20-28(25)45-7-3)33-31(35(42)46-8-4)32(23-12-10-9-11-13-23)38-36-39(33)34(41)29(48-36)19-22-14-16-26(47-21-30(37)40)27(18-22)44-6-2/h9-20,33H,5-8,21H2,1-4H3,(H2,37,40)/b29-19-/t33-/m1/s1. The molecule has 3 aromatic carbocycles. The van der Waals surface area contributed by atoms with Gasteiger partial charge in [-0.25, -0.2) is 9.79 Å². The van der Waals surface area contributed by atoms with Crippen molar-refractivity contribution in [3.05, 3.63) is 109 Å². The molecule has 12 heteroatoms. The highest BCUT2D eigenvalue weighted by Crippen LogP contribution is 2.39. The Morgan fingerprint density at radius 2 is 1.48 bits per heavy atom. The summed E-state index contributed by atoms with van der Waals surface area (Å²) in [6.45, 7) is 8.32. The molecular formula is C36H37N3O8S. The SMILES string of the molecule is CCOC(=O)C1=C(c2ccccc2)N=c2s/c(=C\c3ccc(OCC(N)=O)c(OCC)c3)c(=O)n2[C@@H]1c1ccc(OCC)c(OCC)c1. The highest BCUT2D eigenvalue weighted by molar-refractivity contribution is 7.07. The number of carbonyl (C=O) groups is 2.